The lowest BCUT2D eigenvalue weighted by molar-refractivity contribution is -0.132. The van der Waals surface area contributed by atoms with Crippen LogP contribution in [0.4, 0.5) is 0 Å². The molecule has 1 aromatic carbocycles. The molecule has 94 valence electrons. The molecule has 0 saturated carbocycles. The number of hydrogen-bond donors (Lipinski definition) is 2. The molecule has 0 radical (unpaired) electrons. The molecule has 0 aliphatic rings. The summed E-state index contributed by atoms with van der Waals surface area (Å²) in [5, 5.41) is 10.4. The molecule has 0 saturated heterocycles. The van der Waals surface area contributed by atoms with E-state index in [0.717, 1.165) is 22.9 Å². The third-order valence-electron chi connectivity index (χ3n) is 2.96. The van der Waals surface area contributed by atoms with E-state index in [0.29, 0.717) is 5.15 Å². The minimum Gasteiger partial charge on any atom is -0.478 e. The molecule has 0 amide bonds. The zero-order valence-corrected chi connectivity index (χ0v) is 11.0. The lowest BCUT2D eigenvalue weighted by Crippen LogP contribution is -1.95. The van der Waals surface area contributed by atoms with Gasteiger partial charge >= 0.3 is 5.97 Å². The van der Waals surface area contributed by atoms with E-state index in [1.165, 1.54) is 5.56 Å². The molecule has 1 aromatic heterocycles. The van der Waals surface area contributed by atoms with E-state index in [-0.39, 0.29) is 5.57 Å². The van der Waals surface area contributed by atoms with Crippen molar-refractivity contribution in [1.29, 1.82) is 0 Å². The quantitative estimate of drug-likeness (QED) is 0.826. The molecule has 2 rings (SSSR count). The highest BCUT2D eigenvalue weighted by Crippen LogP contribution is 2.29. The van der Waals surface area contributed by atoms with Gasteiger partial charge in [-0.1, -0.05) is 24.6 Å². The van der Waals surface area contributed by atoms with Gasteiger partial charge in [0.2, 0.25) is 0 Å². The van der Waals surface area contributed by atoms with E-state index < -0.39 is 5.97 Å². The highest BCUT2D eigenvalue weighted by molar-refractivity contribution is 6.32. The summed E-state index contributed by atoms with van der Waals surface area (Å²) in [6, 6.07) is 6.04. The standard InChI is InChI=1S/C14H14ClNO2/c1-3-9-4-5-12-10(7-9)11(13(15)16-12)6-8(2)14(17)18/h4-7,16H,3H2,1-2H3,(H,17,18)/b8-6+. The summed E-state index contributed by atoms with van der Waals surface area (Å²) in [5.74, 6) is -0.938. The normalized spacial score (nSPS) is 12.1. The third kappa shape index (κ3) is 2.27. The summed E-state index contributed by atoms with van der Waals surface area (Å²) >= 11 is 6.12. The van der Waals surface area contributed by atoms with E-state index in [4.69, 9.17) is 16.7 Å². The summed E-state index contributed by atoms with van der Waals surface area (Å²) in [6.07, 6.45) is 2.53. The molecule has 4 heteroatoms. The average molecular weight is 264 g/mol. The SMILES string of the molecule is CCc1ccc2[nH]c(Cl)c(/C=C(\C)C(=O)O)c2c1. The number of carbonyl (C=O) groups is 1. The van der Waals surface area contributed by atoms with Crippen molar-refractivity contribution >= 4 is 34.5 Å². The van der Waals surface area contributed by atoms with Gasteiger partial charge in [-0.2, -0.15) is 0 Å². The predicted molar refractivity (Wildman–Crippen MR) is 74.0 cm³/mol. The number of hydrogen-bond acceptors (Lipinski definition) is 1. The van der Waals surface area contributed by atoms with Crippen LogP contribution in [0.25, 0.3) is 17.0 Å². The van der Waals surface area contributed by atoms with Crippen molar-refractivity contribution in [3.05, 3.63) is 40.1 Å². The number of benzene rings is 1. The van der Waals surface area contributed by atoms with Crippen molar-refractivity contribution in [2.24, 2.45) is 0 Å². The maximum absolute atomic E-state index is 10.9. The Morgan fingerprint density at radius 1 is 1.50 bits per heavy atom. The van der Waals surface area contributed by atoms with E-state index in [2.05, 4.69) is 11.9 Å². The Balaban J connectivity index is 2.65. The number of fused-ring (bicyclic) bond motifs is 1. The van der Waals surface area contributed by atoms with Crippen LogP contribution >= 0.6 is 11.6 Å². The Bertz CT molecular complexity index is 641. The average Bonchev–Trinajstić information content (AvgIpc) is 2.65. The van der Waals surface area contributed by atoms with Crippen LogP contribution in [0.3, 0.4) is 0 Å². The van der Waals surface area contributed by atoms with Gasteiger partial charge in [0.05, 0.1) is 0 Å². The van der Waals surface area contributed by atoms with Gasteiger partial charge in [0, 0.05) is 22.0 Å². The predicted octanol–water partition coefficient (Wildman–Crippen LogP) is 3.87. The van der Waals surface area contributed by atoms with Crippen LogP contribution in [-0.4, -0.2) is 16.1 Å². The topological polar surface area (TPSA) is 53.1 Å². The van der Waals surface area contributed by atoms with Gasteiger partial charge in [-0.15, -0.1) is 0 Å². The number of aliphatic carboxylic acids is 1. The number of carboxylic acid groups (broad SMARTS) is 1. The van der Waals surface area contributed by atoms with Crippen molar-refractivity contribution < 1.29 is 9.90 Å². The fraction of sp³-hybridized carbons (Fsp3) is 0.214. The molecule has 1 heterocycles. The molecule has 0 fully saturated rings. The smallest absolute Gasteiger partial charge is 0.331 e. The molecule has 0 spiro atoms. The van der Waals surface area contributed by atoms with Gasteiger partial charge in [0.15, 0.2) is 0 Å². The zero-order valence-electron chi connectivity index (χ0n) is 10.2. The summed E-state index contributed by atoms with van der Waals surface area (Å²) in [7, 11) is 0. The van der Waals surface area contributed by atoms with E-state index >= 15 is 0 Å². The number of aromatic amines is 1. The lowest BCUT2D eigenvalue weighted by atomic mass is 10.1. The highest BCUT2D eigenvalue weighted by atomic mass is 35.5. The van der Waals surface area contributed by atoms with Gasteiger partial charge in [-0.3, -0.25) is 0 Å². The van der Waals surface area contributed by atoms with E-state index in [1.54, 1.807) is 13.0 Å². The zero-order chi connectivity index (χ0) is 13.3. The highest BCUT2D eigenvalue weighted by Gasteiger charge is 2.10. The van der Waals surface area contributed by atoms with Gasteiger partial charge in [-0.25, -0.2) is 4.79 Å². The van der Waals surface area contributed by atoms with Crippen LogP contribution in [0.1, 0.15) is 25.0 Å². The maximum Gasteiger partial charge on any atom is 0.331 e. The maximum atomic E-state index is 10.9. The lowest BCUT2D eigenvalue weighted by Gasteiger charge is -1.98. The van der Waals surface area contributed by atoms with E-state index in [1.807, 2.05) is 18.2 Å². The summed E-state index contributed by atoms with van der Waals surface area (Å²) in [4.78, 5) is 13.9. The molecule has 2 N–H and O–H groups in total. The minimum atomic E-state index is -0.938. The molecule has 3 nitrogen and oxygen atoms in total. The van der Waals surface area contributed by atoms with E-state index in [9.17, 15) is 4.79 Å². The Kier molecular flexibility index (Phi) is 3.43. The first kappa shape index (κ1) is 12.7. The first-order valence-corrected chi connectivity index (χ1v) is 6.12. The van der Waals surface area contributed by atoms with Crippen molar-refractivity contribution in [2.75, 3.05) is 0 Å². The first-order valence-electron chi connectivity index (χ1n) is 5.74. The fourth-order valence-corrected chi connectivity index (χ4v) is 2.12. The van der Waals surface area contributed by atoms with Gasteiger partial charge < -0.3 is 10.1 Å². The van der Waals surface area contributed by atoms with Crippen molar-refractivity contribution in [3.63, 3.8) is 0 Å². The Morgan fingerprint density at radius 2 is 2.22 bits per heavy atom. The number of aryl methyl sites for hydroxylation is 1. The molecular weight excluding hydrogens is 250 g/mol. The molecule has 2 aromatic rings. The molecule has 0 aliphatic heterocycles. The van der Waals surface area contributed by atoms with Crippen molar-refractivity contribution in [3.8, 4) is 0 Å². The second-order valence-electron chi connectivity index (χ2n) is 4.22. The van der Waals surface area contributed by atoms with Crippen LogP contribution in [-0.2, 0) is 11.2 Å². The molecule has 0 unspecified atom stereocenters. The molecule has 0 bridgehead atoms. The summed E-state index contributed by atoms with van der Waals surface area (Å²) in [6.45, 7) is 3.63. The number of H-pyrrole nitrogens is 1. The van der Waals surface area contributed by atoms with Crippen LogP contribution in [0, 0.1) is 0 Å². The second kappa shape index (κ2) is 4.86. The number of aromatic nitrogens is 1. The van der Waals surface area contributed by atoms with Crippen molar-refractivity contribution in [1.82, 2.24) is 4.98 Å². The van der Waals surface area contributed by atoms with Crippen LogP contribution in [0.2, 0.25) is 5.15 Å². The number of nitrogens with one attached hydrogen (secondary N) is 1. The van der Waals surface area contributed by atoms with Crippen molar-refractivity contribution in [2.45, 2.75) is 20.3 Å². The Morgan fingerprint density at radius 3 is 2.83 bits per heavy atom. The number of rotatable bonds is 3. The second-order valence-corrected chi connectivity index (χ2v) is 4.60. The van der Waals surface area contributed by atoms with Crippen LogP contribution < -0.4 is 0 Å². The molecule has 0 atom stereocenters. The van der Waals surface area contributed by atoms with Gasteiger partial charge in [0.1, 0.15) is 5.15 Å². The number of halogens is 1. The summed E-state index contributed by atoms with van der Waals surface area (Å²) in [5.41, 5.74) is 3.11. The Hall–Kier alpha value is -1.74. The monoisotopic (exact) mass is 263 g/mol. The third-order valence-corrected chi connectivity index (χ3v) is 3.26. The molecule has 18 heavy (non-hydrogen) atoms. The van der Waals surface area contributed by atoms with Crippen LogP contribution in [0.5, 0.6) is 0 Å². The summed E-state index contributed by atoms with van der Waals surface area (Å²) < 4.78 is 0. The van der Waals surface area contributed by atoms with Crippen LogP contribution in [0.15, 0.2) is 23.8 Å². The first-order chi connectivity index (χ1) is 8.52. The Labute approximate surface area is 110 Å². The van der Waals surface area contributed by atoms with Gasteiger partial charge in [-0.05, 0) is 37.1 Å². The fourth-order valence-electron chi connectivity index (χ4n) is 1.87. The minimum absolute atomic E-state index is 0.264. The largest absolute Gasteiger partial charge is 0.478 e. The number of carboxylic acids is 1. The molecular formula is C14H14ClNO2. The molecule has 0 aliphatic carbocycles. The van der Waals surface area contributed by atoms with Gasteiger partial charge in [0.25, 0.3) is 0 Å².